The van der Waals surface area contributed by atoms with E-state index in [4.69, 9.17) is 4.74 Å². The molecule has 3 aromatic rings. The zero-order valence-electron chi connectivity index (χ0n) is 15.7. The van der Waals surface area contributed by atoms with Crippen LogP contribution in [-0.2, 0) is 4.74 Å². The van der Waals surface area contributed by atoms with Crippen LogP contribution in [0, 0.1) is 0 Å². The molecule has 1 aliphatic rings. The molecular formula is C22H26N2O2. The molecule has 136 valence electrons. The quantitative estimate of drug-likeness (QED) is 0.591. The molecule has 4 heteroatoms. The first-order chi connectivity index (χ1) is 12.4. The summed E-state index contributed by atoms with van der Waals surface area (Å²) in [6.45, 7) is 7.21. The first-order valence-electron chi connectivity index (χ1n) is 9.40. The summed E-state index contributed by atoms with van der Waals surface area (Å²) < 4.78 is 8.01. The fourth-order valence-corrected chi connectivity index (χ4v) is 4.00. The van der Waals surface area contributed by atoms with E-state index in [-0.39, 0.29) is 12.1 Å². The van der Waals surface area contributed by atoms with Crippen molar-refractivity contribution >= 4 is 27.9 Å². The number of carbonyl (C=O) groups excluding carboxylic acids is 1. The molecule has 1 aliphatic heterocycles. The van der Waals surface area contributed by atoms with Crippen LogP contribution in [0.5, 0.6) is 0 Å². The second-order valence-corrected chi connectivity index (χ2v) is 8.13. The minimum absolute atomic E-state index is 0.206. The molecule has 0 saturated carbocycles. The van der Waals surface area contributed by atoms with Crippen molar-refractivity contribution in [3.05, 3.63) is 48.5 Å². The van der Waals surface area contributed by atoms with Crippen molar-refractivity contribution in [2.45, 2.75) is 45.3 Å². The highest BCUT2D eigenvalue weighted by Gasteiger charge is 2.29. The van der Waals surface area contributed by atoms with Crippen LogP contribution >= 0.6 is 0 Å². The Labute approximate surface area is 154 Å². The van der Waals surface area contributed by atoms with Gasteiger partial charge in [-0.3, -0.25) is 0 Å². The number of fused-ring (bicyclic) bond motifs is 3. The number of piperidine rings is 1. The highest BCUT2D eigenvalue weighted by molar-refractivity contribution is 6.08. The van der Waals surface area contributed by atoms with Gasteiger partial charge in [0.1, 0.15) is 5.60 Å². The summed E-state index contributed by atoms with van der Waals surface area (Å²) in [6, 6.07) is 17.4. The highest BCUT2D eigenvalue weighted by atomic mass is 16.6. The van der Waals surface area contributed by atoms with Gasteiger partial charge in [-0.05, 0) is 45.7 Å². The predicted molar refractivity (Wildman–Crippen MR) is 106 cm³/mol. The smallest absolute Gasteiger partial charge is 0.410 e. The number of aromatic nitrogens is 1. The maximum Gasteiger partial charge on any atom is 0.410 e. The Morgan fingerprint density at radius 2 is 1.58 bits per heavy atom. The van der Waals surface area contributed by atoms with Crippen molar-refractivity contribution in [1.29, 1.82) is 0 Å². The van der Waals surface area contributed by atoms with Crippen molar-refractivity contribution in [2.24, 2.45) is 0 Å². The number of amides is 1. The van der Waals surface area contributed by atoms with E-state index in [1.54, 1.807) is 0 Å². The van der Waals surface area contributed by atoms with Crippen LogP contribution in [0.3, 0.4) is 0 Å². The lowest BCUT2D eigenvalue weighted by atomic mass is 10.1. The van der Waals surface area contributed by atoms with E-state index in [1.165, 1.54) is 21.8 Å². The molecule has 0 spiro atoms. The minimum atomic E-state index is -0.461. The Hall–Kier alpha value is -2.49. The SMILES string of the molecule is CC(C)(C)OC(=O)N1CCCC(n2c3ccccc3c3ccccc32)C1. The van der Waals surface area contributed by atoms with Crippen LogP contribution in [0.4, 0.5) is 4.79 Å². The molecule has 1 saturated heterocycles. The largest absolute Gasteiger partial charge is 0.444 e. The lowest BCUT2D eigenvalue weighted by molar-refractivity contribution is 0.0176. The number of likely N-dealkylation sites (tertiary alicyclic amines) is 1. The van der Waals surface area contributed by atoms with Gasteiger partial charge in [0.2, 0.25) is 0 Å². The number of hydrogen-bond acceptors (Lipinski definition) is 2. The Bertz CT molecular complexity index is 898. The Morgan fingerprint density at radius 1 is 1.00 bits per heavy atom. The molecule has 1 aromatic heterocycles. The fraction of sp³-hybridized carbons (Fsp3) is 0.409. The Balaban J connectivity index is 1.72. The van der Waals surface area contributed by atoms with Gasteiger partial charge in [0.25, 0.3) is 0 Å². The predicted octanol–water partition coefficient (Wildman–Crippen LogP) is 5.37. The second kappa shape index (κ2) is 6.35. The molecule has 0 radical (unpaired) electrons. The van der Waals surface area contributed by atoms with Gasteiger partial charge in [0, 0.05) is 34.9 Å². The first kappa shape index (κ1) is 17.0. The zero-order valence-corrected chi connectivity index (χ0v) is 15.7. The third kappa shape index (κ3) is 3.05. The van der Waals surface area contributed by atoms with E-state index in [1.807, 2.05) is 25.7 Å². The number of carbonyl (C=O) groups is 1. The van der Waals surface area contributed by atoms with Gasteiger partial charge in [-0.25, -0.2) is 4.79 Å². The number of benzene rings is 2. The van der Waals surface area contributed by atoms with Gasteiger partial charge in [-0.1, -0.05) is 36.4 Å². The molecule has 2 heterocycles. The number of hydrogen-bond donors (Lipinski definition) is 0. The van der Waals surface area contributed by atoms with Crippen molar-refractivity contribution < 1.29 is 9.53 Å². The standard InChI is InChI=1S/C22H26N2O2/c1-22(2,3)26-21(25)23-14-8-9-16(15-23)24-19-12-6-4-10-17(19)18-11-5-7-13-20(18)24/h4-7,10-13,16H,8-9,14-15H2,1-3H3. The zero-order chi connectivity index (χ0) is 18.3. The second-order valence-electron chi connectivity index (χ2n) is 8.13. The third-order valence-corrected chi connectivity index (χ3v) is 5.03. The van der Waals surface area contributed by atoms with E-state index < -0.39 is 5.60 Å². The van der Waals surface area contributed by atoms with Gasteiger partial charge in [0.05, 0.1) is 6.04 Å². The summed E-state index contributed by atoms with van der Waals surface area (Å²) in [5.41, 5.74) is 2.02. The monoisotopic (exact) mass is 350 g/mol. The molecule has 26 heavy (non-hydrogen) atoms. The van der Waals surface area contributed by atoms with Crippen LogP contribution < -0.4 is 0 Å². The van der Waals surface area contributed by atoms with Crippen LogP contribution in [0.1, 0.15) is 39.7 Å². The molecule has 4 nitrogen and oxygen atoms in total. The van der Waals surface area contributed by atoms with Crippen LogP contribution in [0.25, 0.3) is 21.8 Å². The van der Waals surface area contributed by atoms with Gasteiger partial charge in [0.15, 0.2) is 0 Å². The maximum absolute atomic E-state index is 12.6. The van der Waals surface area contributed by atoms with Crippen molar-refractivity contribution in [1.82, 2.24) is 9.47 Å². The van der Waals surface area contributed by atoms with E-state index >= 15 is 0 Å². The highest BCUT2D eigenvalue weighted by Crippen LogP contribution is 2.35. The Morgan fingerprint density at radius 3 is 2.15 bits per heavy atom. The lowest BCUT2D eigenvalue weighted by Crippen LogP contribution is -2.43. The fourth-order valence-electron chi connectivity index (χ4n) is 4.00. The minimum Gasteiger partial charge on any atom is -0.444 e. The molecular weight excluding hydrogens is 324 g/mol. The first-order valence-corrected chi connectivity index (χ1v) is 9.40. The molecule has 2 aromatic carbocycles. The molecule has 4 rings (SSSR count). The summed E-state index contributed by atoms with van der Waals surface area (Å²) in [4.78, 5) is 14.4. The molecule has 0 N–H and O–H groups in total. The van der Waals surface area contributed by atoms with Gasteiger partial charge in [-0.2, -0.15) is 0 Å². The molecule has 1 fully saturated rings. The van der Waals surface area contributed by atoms with Gasteiger partial charge in [-0.15, -0.1) is 0 Å². The average Bonchev–Trinajstić information content (AvgIpc) is 2.95. The van der Waals surface area contributed by atoms with Gasteiger partial charge >= 0.3 is 6.09 Å². The summed E-state index contributed by atoms with van der Waals surface area (Å²) >= 11 is 0. The van der Waals surface area contributed by atoms with Gasteiger partial charge < -0.3 is 14.2 Å². The molecule has 1 atom stereocenters. The molecule has 0 aliphatic carbocycles. The summed E-state index contributed by atoms with van der Waals surface area (Å²) in [5, 5.41) is 2.55. The van der Waals surface area contributed by atoms with Crippen LogP contribution in [0.2, 0.25) is 0 Å². The van der Waals surface area contributed by atoms with Crippen molar-refractivity contribution in [3.8, 4) is 0 Å². The van der Waals surface area contributed by atoms with Crippen molar-refractivity contribution in [3.63, 3.8) is 0 Å². The van der Waals surface area contributed by atoms with E-state index in [0.717, 1.165) is 19.4 Å². The Kier molecular flexibility index (Phi) is 4.14. The van der Waals surface area contributed by atoms with Crippen LogP contribution in [0.15, 0.2) is 48.5 Å². The number of rotatable bonds is 1. The normalized spacial score (nSPS) is 18.4. The number of nitrogens with zero attached hydrogens (tertiary/aromatic N) is 2. The summed E-state index contributed by atoms with van der Waals surface area (Å²) in [5.74, 6) is 0. The summed E-state index contributed by atoms with van der Waals surface area (Å²) in [6.07, 6.45) is 1.86. The van der Waals surface area contributed by atoms with Crippen molar-refractivity contribution in [2.75, 3.05) is 13.1 Å². The van der Waals surface area contributed by atoms with E-state index in [0.29, 0.717) is 6.54 Å². The lowest BCUT2D eigenvalue weighted by Gasteiger charge is -2.35. The average molecular weight is 350 g/mol. The van der Waals surface area contributed by atoms with E-state index in [2.05, 4.69) is 53.1 Å². The maximum atomic E-state index is 12.6. The van der Waals surface area contributed by atoms with Crippen LogP contribution in [-0.4, -0.2) is 34.3 Å². The molecule has 1 amide bonds. The summed E-state index contributed by atoms with van der Waals surface area (Å²) in [7, 11) is 0. The molecule has 1 unspecified atom stereocenters. The number of ether oxygens (including phenoxy) is 1. The number of para-hydroxylation sites is 2. The van der Waals surface area contributed by atoms with E-state index in [9.17, 15) is 4.79 Å². The topological polar surface area (TPSA) is 34.5 Å². The molecule has 0 bridgehead atoms. The third-order valence-electron chi connectivity index (χ3n) is 5.03.